The third-order valence-corrected chi connectivity index (χ3v) is 5.72. The number of anilines is 2. The van der Waals surface area contributed by atoms with Crippen molar-refractivity contribution in [1.29, 1.82) is 0 Å². The van der Waals surface area contributed by atoms with E-state index in [4.69, 9.17) is 14.2 Å². The maximum absolute atomic E-state index is 13.9. The van der Waals surface area contributed by atoms with E-state index in [0.717, 1.165) is 10.6 Å². The average molecular weight is 459 g/mol. The molecule has 4 rings (SSSR count). The highest BCUT2D eigenvalue weighted by Gasteiger charge is 2.43. The molecule has 0 saturated carbocycles. The molecule has 0 N–H and O–H groups in total. The molecule has 0 fully saturated rings. The summed E-state index contributed by atoms with van der Waals surface area (Å²) in [4.78, 5) is 30.9. The van der Waals surface area contributed by atoms with Crippen LogP contribution >= 0.6 is 0 Å². The minimum Gasteiger partial charge on any atom is -0.497 e. The van der Waals surface area contributed by atoms with Crippen molar-refractivity contribution in [3.8, 4) is 17.2 Å². The van der Waals surface area contributed by atoms with E-state index < -0.39 is 11.8 Å². The van der Waals surface area contributed by atoms with Gasteiger partial charge in [-0.3, -0.25) is 9.59 Å². The van der Waals surface area contributed by atoms with Crippen molar-refractivity contribution in [3.63, 3.8) is 0 Å². The van der Waals surface area contributed by atoms with Crippen LogP contribution in [0.25, 0.3) is 5.57 Å². The monoisotopic (exact) mass is 458 g/mol. The van der Waals surface area contributed by atoms with Gasteiger partial charge in [0.25, 0.3) is 11.8 Å². The number of hydrogen-bond acceptors (Lipinski definition) is 6. The Kier molecular flexibility index (Phi) is 6.54. The van der Waals surface area contributed by atoms with Crippen molar-refractivity contribution < 1.29 is 23.8 Å². The van der Waals surface area contributed by atoms with Gasteiger partial charge in [-0.1, -0.05) is 30.3 Å². The number of amides is 2. The number of nitrogens with zero attached hydrogens (tertiary/aromatic N) is 2. The van der Waals surface area contributed by atoms with E-state index in [2.05, 4.69) is 0 Å². The molecular weight excluding hydrogens is 432 g/mol. The van der Waals surface area contributed by atoms with Gasteiger partial charge in [-0.2, -0.15) is 0 Å². The number of rotatable bonds is 8. The summed E-state index contributed by atoms with van der Waals surface area (Å²) in [6.45, 7) is 2.43. The zero-order valence-electron chi connectivity index (χ0n) is 19.6. The summed E-state index contributed by atoms with van der Waals surface area (Å²) >= 11 is 0. The number of para-hydroxylation sites is 1. The average Bonchev–Trinajstić information content (AvgIpc) is 3.14. The van der Waals surface area contributed by atoms with Gasteiger partial charge in [-0.25, -0.2) is 4.90 Å². The molecule has 0 radical (unpaired) electrons. The molecule has 0 aromatic heterocycles. The van der Waals surface area contributed by atoms with Gasteiger partial charge in [0.05, 0.1) is 32.6 Å². The first-order valence-corrected chi connectivity index (χ1v) is 10.9. The third kappa shape index (κ3) is 3.96. The number of likely N-dealkylation sites (N-methyl/N-ethyl adjacent to an activating group) is 1. The number of hydrogen-bond donors (Lipinski definition) is 0. The largest absolute Gasteiger partial charge is 0.497 e. The van der Waals surface area contributed by atoms with Crippen LogP contribution in [0, 0.1) is 0 Å². The standard InChI is InChI=1S/C27H26N2O5/c1-5-28(19-9-7-6-8-10-19)25-24(18-11-13-20(32-2)14-12-18)26(30)29(27(25)31)22-17-21(33-3)15-16-23(22)34-4/h6-17H,5H2,1-4H3. The highest BCUT2D eigenvalue weighted by atomic mass is 16.5. The molecule has 1 aliphatic rings. The highest BCUT2D eigenvalue weighted by molar-refractivity contribution is 6.46. The normalized spacial score (nSPS) is 13.4. The van der Waals surface area contributed by atoms with Crippen molar-refractivity contribution in [3.05, 3.63) is 84.1 Å². The molecule has 7 nitrogen and oxygen atoms in total. The number of imide groups is 1. The molecule has 0 atom stereocenters. The van der Waals surface area contributed by atoms with E-state index in [1.54, 1.807) is 49.6 Å². The van der Waals surface area contributed by atoms with Crippen molar-refractivity contribution >= 4 is 28.8 Å². The molecule has 34 heavy (non-hydrogen) atoms. The van der Waals surface area contributed by atoms with Crippen molar-refractivity contribution in [1.82, 2.24) is 0 Å². The quantitative estimate of drug-likeness (QED) is 0.462. The summed E-state index contributed by atoms with van der Waals surface area (Å²) < 4.78 is 16.1. The second-order valence-electron chi connectivity index (χ2n) is 7.52. The first-order chi connectivity index (χ1) is 16.5. The minimum absolute atomic E-state index is 0.300. The van der Waals surface area contributed by atoms with Gasteiger partial charge in [0.15, 0.2) is 0 Å². The Bertz CT molecular complexity index is 1240. The van der Waals surface area contributed by atoms with E-state index >= 15 is 0 Å². The Balaban J connectivity index is 1.92. The van der Waals surface area contributed by atoms with Crippen LogP contribution in [0.5, 0.6) is 17.2 Å². The number of carbonyl (C=O) groups excluding carboxylic acids is 2. The molecule has 3 aromatic rings. The van der Waals surface area contributed by atoms with Crippen LogP contribution in [0.1, 0.15) is 12.5 Å². The van der Waals surface area contributed by atoms with E-state index in [1.165, 1.54) is 14.2 Å². The Hall–Kier alpha value is -4.26. The van der Waals surface area contributed by atoms with E-state index in [1.807, 2.05) is 42.2 Å². The molecule has 0 bridgehead atoms. The molecule has 0 saturated heterocycles. The second-order valence-corrected chi connectivity index (χ2v) is 7.52. The smallest absolute Gasteiger partial charge is 0.282 e. The highest BCUT2D eigenvalue weighted by Crippen LogP contribution is 2.41. The van der Waals surface area contributed by atoms with Crippen LogP contribution in [0.2, 0.25) is 0 Å². The molecule has 0 aliphatic carbocycles. The predicted octanol–water partition coefficient (Wildman–Crippen LogP) is 4.52. The lowest BCUT2D eigenvalue weighted by atomic mass is 10.0. The van der Waals surface area contributed by atoms with Gasteiger partial charge < -0.3 is 19.1 Å². The van der Waals surface area contributed by atoms with Gasteiger partial charge in [0.1, 0.15) is 22.9 Å². The fourth-order valence-electron chi connectivity index (χ4n) is 4.05. The van der Waals surface area contributed by atoms with Gasteiger partial charge in [-0.15, -0.1) is 0 Å². The summed E-state index contributed by atoms with van der Waals surface area (Å²) in [5, 5.41) is 0. The summed E-state index contributed by atoms with van der Waals surface area (Å²) in [6, 6.07) is 21.6. The van der Waals surface area contributed by atoms with Crippen LogP contribution in [0.3, 0.4) is 0 Å². The van der Waals surface area contributed by atoms with Gasteiger partial charge in [-0.05, 0) is 48.9 Å². The molecule has 1 heterocycles. The minimum atomic E-state index is -0.439. The molecule has 0 unspecified atom stereocenters. The Morgan fingerprint density at radius 2 is 1.41 bits per heavy atom. The lowest BCUT2D eigenvalue weighted by molar-refractivity contribution is -0.120. The molecular formula is C27H26N2O5. The first-order valence-electron chi connectivity index (χ1n) is 10.9. The number of ether oxygens (including phenoxy) is 3. The zero-order valence-corrected chi connectivity index (χ0v) is 19.6. The third-order valence-electron chi connectivity index (χ3n) is 5.72. The number of methoxy groups -OCH3 is 3. The zero-order chi connectivity index (χ0) is 24.2. The van der Waals surface area contributed by atoms with E-state index in [9.17, 15) is 9.59 Å². The van der Waals surface area contributed by atoms with E-state index in [0.29, 0.717) is 46.3 Å². The van der Waals surface area contributed by atoms with Crippen LogP contribution < -0.4 is 24.0 Å². The first kappa shape index (κ1) is 22.9. The number of carbonyl (C=O) groups is 2. The van der Waals surface area contributed by atoms with Gasteiger partial charge in [0.2, 0.25) is 0 Å². The van der Waals surface area contributed by atoms with Gasteiger partial charge >= 0.3 is 0 Å². The predicted molar refractivity (Wildman–Crippen MR) is 131 cm³/mol. The fraction of sp³-hybridized carbons (Fsp3) is 0.185. The van der Waals surface area contributed by atoms with Crippen molar-refractivity contribution in [2.75, 3.05) is 37.7 Å². The van der Waals surface area contributed by atoms with Gasteiger partial charge in [0, 0.05) is 18.3 Å². The van der Waals surface area contributed by atoms with Crippen LogP contribution in [-0.2, 0) is 9.59 Å². The maximum Gasteiger partial charge on any atom is 0.282 e. The summed E-state index contributed by atoms with van der Waals surface area (Å²) in [6.07, 6.45) is 0. The van der Waals surface area contributed by atoms with Crippen LogP contribution in [-0.4, -0.2) is 39.7 Å². The molecule has 3 aromatic carbocycles. The van der Waals surface area contributed by atoms with Crippen LogP contribution in [0.4, 0.5) is 11.4 Å². The maximum atomic E-state index is 13.9. The van der Waals surface area contributed by atoms with Crippen molar-refractivity contribution in [2.45, 2.75) is 6.92 Å². The molecule has 2 amide bonds. The molecule has 1 aliphatic heterocycles. The van der Waals surface area contributed by atoms with Crippen LogP contribution in [0.15, 0.2) is 78.5 Å². The summed E-state index contributed by atoms with van der Waals surface area (Å²) in [5.41, 5.74) is 2.36. The topological polar surface area (TPSA) is 68.3 Å². The van der Waals surface area contributed by atoms with E-state index in [-0.39, 0.29) is 0 Å². The summed E-state index contributed by atoms with van der Waals surface area (Å²) in [7, 11) is 4.60. The second kappa shape index (κ2) is 9.70. The lowest BCUT2D eigenvalue weighted by Gasteiger charge is -2.25. The van der Waals surface area contributed by atoms with Crippen molar-refractivity contribution in [2.24, 2.45) is 0 Å². The SMILES string of the molecule is CCN(C1=C(c2ccc(OC)cc2)C(=O)N(c2cc(OC)ccc2OC)C1=O)c1ccccc1. The molecule has 174 valence electrons. The molecule has 0 spiro atoms. The summed E-state index contributed by atoms with van der Waals surface area (Å²) in [5.74, 6) is 0.676. The Morgan fingerprint density at radius 3 is 2.00 bits per heavy atom. The molecule has 7 heteroatoms. The lowest BCUT2D eigenvalue weighted by Crippen LogP contribution is -2.35. The Labute approximate surface area is 198 Å². The fourth-order valence-corrected chi connectivity index (χ4v) is 4.05. The Morgan fingerprint density at radius 1 is 0.765 bits per heavy atom. The number of benzene rings is 3.